The van der Waals surface area contributed by atoms with Gasteiger partial charge in [-0.1, -0.05) is 23.7 Å². The van der Waals surface area contributed by atoms with Crippen LogP contribution in [-0.2, 0) is 4.79 Å². The van der Waals surface area contributed by atoms with Crippen LogP contribution in [0.3, 0.4) is 0 Å². The normalized spacial score (nSPS) is 10.5. The fraction of sp³-hybridized carbons (Fsp3) is 0.143. The molecule has 0 unspecified atom stereocenters. The Kier molecular flexibility index (Phi) is 5.62. The van der Waals surface area contributed by atoms with Gasteiger partial charge in [-0.25, -0.2) is 0 Å². The summed E-state index contributed by atoms with van der Waals surface area (Å²) >= 11 is 5.98. The highest BCUT2D eigenvalue weighted by atomic mass is 35.5. The zero-order chi connectivity index (χ0) is 19.4. The number of hydrogen-bond donors (Lipinski definition) is 2. The number of rotatable bonds is 5. The molecule has 0 aliphatic heterocycles. The highest BCUT2D eigenvalue weighted by molar-refractivity contribution is 6.33. The molecule has 2 aromatic carbocycles. The lowest BCUT2D eigenvalue weighted by atomic mass is 10.2. The standard InChI is InChI=1S/C21H20ClN3O2/c1-14-7-8-15(2)25(14)17-11-9-16(10-12-17)24-20(26)13-23-21(27)18-5-3-4-6-19(18)22/h3-12H,13H2,1-2H3,(H,23,27)(H,24,26). The molecule has 0 spiro atoms. The van der Waals surface area contributed by atoms with Crippen molar-refractivity contribution in [2.45, 2.75) is 13.8 Å². The fourth-order valence-corrected chi connectivity index (χ4v) is 3.10. The summed E-state index contributed by atoms with van der Waals surface area (Å²) in [5, 5.41) is 5.69. The largest absolute Gasteiger partial charge is 0.343 e. The van der Waals surface area contributed by atoms with Gasteiger partial charge in [-0.3, -0.25) is 9.59 Å². The van der Waals surface area contributed by atoms with E-state index in [4.69, 9.17) is 11.6 Å². The molecule has 0 bridgehead atoms. The number of aryl methyl sites for hydroxylation is 2. The van der Waals surface area contributed by atoms with Crippen molar-refractivity contribution in [3.8, 4) is 5.69 Å². The minimum absolute atomic E-state index is 0.137. The second kappa shape index (κ2) is 8.10. The lowest BCUT2D eigenvalue weighted by Gasteiger charge is -2.11. The number of aromatic nitrogens is 1. The zero-order valence-electron chi connectivity index (χ0n) is 15.1. The molecule has 0 aliphatic carbocycles. The van der Waals surface area contributed by atoms with Crippen LogP contribution in [0.15, 0.2) is 60.7 Å². The van der Waals surface area contributed by atoms with E-state index in [9.17, 15) is 9.59 Å². The third kappa shape index (κ3) is 4.38. The maximum Gasteiger partial charge on any atom is 0.253 e. The van der Waals surface area contributed by atoms with Crippen LogP contribution in [0.2, 0.25) is 5.02 Å². The molecule has 27 heavy (non-hydrogen) atoms. The molecular weight excluding hydrogens is 362 g/mol. The van der Waals surface area contributed by atoms with Gasteiger partial charge in [0.15, 0.2) is 0 Å². The Morgan fingerprint density at radius 1 is 0.926 bits per heavy atom. The molecule has 6 heteroatoms. The maximum atomic E-state index is 12.1. The van der Waals surface area contributed by atoms with E-state index in [1.807, 2.05) is 38.1 Å². The Labute approximate surface area is 163 Å². The van der Waals surface area contributed by atoms with Crippen molar-refractivity contribution in [2.75, 3.05) is 11.9 Å². The number of carbonyl (C=O) groups is 2. The average Bonchev–Trinajstić information content (AvgIpc) is 2.99. The van der Waals surface area contributed by atoms with Crippen LogP contribution in [0.5, 0.6) is 0 Å². The monoisotopic (exact) mass is 381 g/mol. The SMILES string of the molecule is Cc1ccc(C)n1-c1ccc(NC(=O)CNC(=O)c2ccccc2Cl)cc1. The highest BCUT2D eigenvalue weighted by Gasteiger charge is 2.11. The zero-order valence-corrected chi connectivity index (χ0v) is 15.9. The van der Waals surface area contributed by atoms with Crippen LogP contribution in [0.4, 0.5) is 5.69 Å². The third-order valence-electron chi connectivity index (χ3n) is 4.21. The van der Waals surface area contributed by atoms with Crippen molar-refractivity contribution in [2.24, 2.45) is 0 Å². The topological polar surface area (TPSA) is 63.1 Å². The van der Waals surface area contributed by atoms with Gasteiger partial charge in [0, 0.05) is 22.8 Å². The molecule has 0 fully saturated rings. The molecule has 3 rings (SSSR count). The van der Waals surface area contributed by atoms with E-state index < -0.39 is 0 Å². The van der Waals surface area contributed by atoms with E-state index in [1.54, 1.807) is 24.3 Å². The van der Waals surface area contributed by atoms with Crippen LogP contribution in [0, 0.1) is 13.8 Å². The van der Waals surface area contributed by atoms with E-state index in [1.165, 1.54) is 0 Å². The van der Waals surface area contributed by atoms with Gasteiger partial charge in [0.1, 0.15) is 0 Å². The number of halogens is 1. The van der Waals surface area contributed by atoms with E-state index in [-0.39, 0.29) is 18.4 Å². The van der Waals surface area contributed by atoms with E-state index >= 15 is 0 Å². The summed E-state index contributed by atoms with van der Waals surface area (Å²) in [6.07, 6.45) is 0. The Balaban J connectivity index is 1.58. The molecule has 3 aromatic rings. The lowest BCUT2D eigenvalue weighted by Crippen LogP contribution is -2.33. The van der Waals surface area contributed by atoms with Gasteiger partial charge < -0.3 is 15.2 Å². The predicted molar refractivity (Wildman–Crippen MR) is 108 cm³/mol. The van der Waals surface area contributed by atoms with Gasteiger partial charge in [-0.05, 0) is 62.4 Å². The Hall–Kier alpha value is -3.05. The first-order valence-corrected chi connectivity index (χ1v) is 8.91. The fourth-order valence-electron chi connectivity index (χ4n) is 2.88. The molecule has 1 aromatic heterocycles. The average molecular weight is 382 g/mol. The molecule has 1 heterocycles. The van der Waals surface area contributed by atoms with Crippen molar-refractivity contribution in [3.63, 3.8) is 0 Å². The second-order valence-corrected chi connectivity index (χ2v) is 6.62. The number of amides is 2. The third-order valence-corrected chi connectivity index (χ3v) is 4.54. The number of nitrogens with zero attached hydrogens (tertiary/aromatic N) is 1. The highest BCUT2D eigenvalue weighted by Crippen LogP contribution is 2.18. The predicted octanol–water partition coefficient (Wildman–Crippen LogP) is 4.12. The van der Waals surface area contributed by atoms with Gasteiger partial charge >= 0.3 is 0 Å². The van der Waals surface area contributed by atoms with E-state index in [0.717, 1.165) is 17.1 Å². The Morgan fingerprint density at radius 2 is 1.56 bits per heavy atom. The van der Waals surface area contributed by atoms with Crippen molar-refractivity contribution >= 4 is 29.1 Å². The molecule has 0 saturated carbocycles. The van der Waals surface area contributed by atoms with Crippen LogP contribution in [0.25, 0.3) is 5.69 Å². The first-order chi connectivity index (χ1) is 13.0. The first kappa shape index (κ1) is 18.7. The number of hydrogen-bond acceptors (Lipinski definition) is 2. The van der Waals surface area contributed by atoms with Crippen LogP contribution >= 0.6 is 11.6 Å². The van der Waals surface area contributed by atoms with Crippen LogP contribution < -0.4 is 10.6 Å². The van der Waals surface area contributed by atoms with Crippen molar-refractivity contribution in [1.29, 1.82) is 0 Å². The summed E-state index contributed by atoms with van der Waals surface area (Å²) in [7, 11) is 0. The van der Waals surface area contributed by atoms with Crippen LogP contribution in [0.1, 0.15) is 21.7 Å². The summed E-state index contributed by atoms with van der Waals surface area (Å²) in [6.45, 7) is 3.95. The molecule has 5 nitrogen and oxygen atoms in total. The van der Waals surface area contributed by atoms with Gasteiger partial charge in [0.05, 0.1) is 17.1 Å². The van der Waals surface area contributed by atoms with Crippen LogP contribution in [-0.4, -0.2) is 22.9 Å². The summed E-state index contributed by atoms with van der Waals surface area (Å²) in [5.74, 6) is -0.693. The number of carbonyl (C=O) groups excluding carboxylic acids is 2. The van der Waals surface area contributed by atoms with Gasteiger partial charge in [0.25, 0.3) is 5.91 Å². The van der Waals surface area contributed by atoms with Crippen molar-refractivity contribution < 1.29 is 9.59 Å². The van der Waals surface area contributed by atoms with Crippen molar-refractivity contribution in [1.82, 2.24) is 9.88 Å². The number of benzene rings is 2. The van der Waals surface area contributed by atoms with Gasteiger partial charge in [-0.2, -0.15) is 0 Å². The summed E-state index contributed by atoms with van der Waals surface area (Å²) < 4.78 is 2.13. The summed E-state index contributed by atoms with van der Waals surface area (Å²) in [5.41, 5.74) is 4.32. The second-order valence-electron chi connectivity index (χ2n) is 6.21. The van der Waals surface area contributed by atoms with Gasteiger partial charge in [0.2, 0.25) is 5.91 Å². The number of nitrogens with one attached hydrogen (secondary N) is 2. The molecule has 0 atom stereocenters. The minimum atomic E-state index is -0.385. The minimum Gasteiger partial charge on any atom is -0.343 e. The van der Waals surface area contributed by atoms with E-state index in [0.29, 0.717) is 16.3 Å². The Morgan fingerprint density at radius 3 is 2.19 bits per heavy atom. The maximum absolute atomic E-state index is 12.1. The lowest BCUT2D eigenvalue weighted by molar-refractivity contribution is -0.115. The smallest absolute Gasteiger partial charge is 0.253 e. The first-order valence-electron chi connectivity index (χ1n) is 8.53. The molecule has 0 radical (unpaired) electrons. The number of anilines is 1. The van der Waals surface area contributed by atoms with Crippen molar-refractivity contribution in [3.05, 3.63) is 82.6 Å². The quantitative estimate of drug-likeness (QED) is 0.698. The Bertz CT molecular complexity index is 958. The molecule has 2 N–H and O–H groups in total. The molecular formula is C21H20ClN3O2. The van der Waals surface area contributed by atoms with Gasteiger partial charge in [-0.15, -0.1) is 0 Å². The van der Waals surface area contributed by atoms with E-state index in [2.05, 4.69) is 27.3 Å². The molecule has 0 saturated heterocycles. The molecule has 2 amide bonds. The molecule has 138 valence electrons. The summed E-state index contributed by atoms with van der Waals surface area (Å²) in [6, 6.07) is 18.4. The summed E-state index contributed by atoms with van der Waals surface area (Å²) in [4.78, 5) is 24.2. The molecule has 0 aliphatic rings.